The van der Waals surface area contributed by atoms with Gasteiger partial charge in [-0.05, 0) is 78.7 Å². The number of ether oxygens (including phenoxy) is 1. The van der Waals surface area contributed by atoms with E-state index in [1.807, 2.05) is 32.9 Å². The van der Waals surface area contributed by atoms with Gasteiger partial charge in [0, 0.05) is 22.4 Å². The first-order chi connectivity index (χ1) is 12.2. The molecule has 5 nitrogen and oxygen atoms in total. The standard InChI is InChI=1S/C20H19BrN2O3/c1-20(2,3)26-19(25)14-6-4-13(5-7-14)18(24)23-9-8-17-15(12-23)10-16(21)11-22-17/h4-11H,12H2,1-3H3. The minimum absolute atomic E-state index is 0.136. The zero-order valence-electron chi connectivity index (χ0n) is 14.8. The molecule has 26 heavy (non-hydrogen) atoms. The molecule has 1 aromatic carbocycles. The molecule has 0 radical (unpaired) electrons. The van der Waals surface area contributed by atoms with Gasteiger partial charge in [0.25, 0.3) is 5.91 Å². The number of hydrogen-bond acceptors (Lipinski definition) is 4. The van der Waals surface area contributed by atoms with Gasteiger partial charge in [0.15, 0.2) is 0 Å². The van der Waals surface area contributed by atoms with Crippen molar-refractivity contribution in [1.29, 1.82) is 0 Å². The van der Waals surface area contributed by atoms with Crippen LogP contribution in [0.3, 0.4) is 0 Å². The van der Waals surface area contributed by atoms with E-state index in [9.17, 15) is 9.59 Å². The second kappa shape index (κ2) is 7.03. The van der Waals surface area contributed by atoms with Crippen LogP contribution >= 0.6 is 15.9 Å². The number of aromatic nitrogens is 1. The zero-order valence-corrected chi connectivity index (χ0v) is 16.4. The molecule has 0 bridgehead atoms. The van der Waals surface area contributed by atoms with Gasteiger partial charge in [0.05, 0.1) is 17.8 Å². The van der Waals surface area contributed by atoms with Crippen molar-refractivity contribution in [2.45, 2.75) is 32.9 Å². The summed E-state index contributed by atoms with van der Waals surface area (Å²) in [6.07, 6.45) is 5.28. The van der Waals surface area contributed by atoms with E-state index in [0.29, 0.717) is 17.7 Å². The minimum atomic E-state index is -0.556. The number of benzene rings is 1. The van der Waals surface area contributed by atoms with Crippen LogP contribution in [0.4, 0.5) is 0 Å². The van der Waals surface area contributed by atoms with Crippen molar-refractivity contribution in [1.82, 2.24) is 9.88 Å². The zero-order chi connectivity index (χ0) is 18.9. The number of esters is 1. The summed E-state index contributed by atoms with van der Waals surface area (Å²) in [5, 5.41) is 0. The first kappa shape index (κ1) is 18.3. The summed E-state index contributed by atoms with van der Waals surface area (Å²) in [6, 6.07) is 8.47. The van der Waals surface area contributed by atoms with Crippen LogP contribution in [0.1, 0.15) is 52.7 Å². The van der Waals surface area contributed by atoms with Gasteiger partial charge < -0.3 is 9.64 Å². The van der Waals surface area contributed by atoms with Gasteiger partial charge in [-0.25, -0.2) is 4.79 Å². The number of hydrogen-bond donors (Lipinski definition) is 0. The molecule has 0 spiro atoms. The normalized spacial score (nSPS) is 13.3. The van der Waals surface area contributed by atoms with Gasteiger partial charge in [-0.15, -0.1) is 0 Å². The highest BCUT2D eigenvalue weighted by Gasteiger charge is 2.21. The maximum absolute atomic E-state index is 12.7. The Hall–Kier alpha value is -2.47. The monoisotopic (exact) mass is 414 g/mol. The number of amides is 1. The Morgan fingerprint density at radius 1 is 1.15 bits per heavy atom. The Kier molecular flexibility index (Phi) is 4.96. The largest absolute Gasteiger partial charge is 0.456 e. The van der Waals surface area contributed by atoms with Crippen molar-refractivity contribution in [3.8, 4) is 0 Å². The highest BCUT2D eigenvalue weighted by molar-refractivity contribution is 9.10. The van der Waals surface area contributed by atoms with Crippen LogP contribution in [-0.2, 0) is 11.3 Å². The number of nitrogens with zero attached hydrogens (tertiary/aromatic N) is 2. The predicted octanol–water partition coefficient (Wildman–Crippen LogP) is 4.43. The molecule has 1 aliphatic heterocycles. The molecule has 1 aliphatic rings. The van der Waals surface area contributed by atoms with Gasteiger partial charge in [-0.2, -0.15) is 0 Å². The molecule has 3 rings (SSSR count). The smallest absolute Gasteiger partial charge is 0.338 e. The molecule has 0 atom stereocenters. The maximum Gasteiger partial charge on any atom is 0.338 e. The molecule has 2 aromatic rings. The summed E-state index contributed by atoms with van der Waals surface area (Å²) in [5.74, 6) is -0.540. The first-order valence-corrected chi connectivity index (χ1v) is 8.99. The SMILES string of the molecule is CC(C)(C)OC(=O)c1ccc(C(=O)N2C=Cc3ncc(Br)cc3C2)cc1. The summed E-state index contributed by atoms with van der Waals surface area (Å²) in [6.45, 7) is 5.90. The van der Waals surface area contributed by atoms with Crippen LogP contribution in [0.25, 0.3) is 6.08 Å². The third-order valence-electron chi connectivity index (χ3n) is 3.75. The minimum Gasteiger partial charge on any atom is -0.456 e. The van der Waals surface area contributed by atoms with Crippen LogP contribution in [0.15, 0.2) is 47.2 Å². The lowest BCUT2D eigenvalue weighted by atomic mass is 10.1. The van der Waals surface area contributed by atoms with E-state index < -0.39 is 11.6 Å². The van der Waals surface area contributed by atoms with Crippen molar-refractivity contribution in [2.75, 3.05) is 0 Å². The number of rotatable bonds is 2. The van der Waals surface area contributed by atoms with Crippen molar-refractivity contribution in [3.63, 3.8) is 0 Å². The average molecular weight is 415 g/mol. The van der Waals surface area contributed by atoms with Gasteiger partial charge in [-0.1, -0.05) is 0 Å². The van der Waals surface area contributed by atoms with E-state index in [1.54, 1.807) is 41.6 Å². The molecule has 0 aliphatic carbocycles. The summed E-state index contributed by atoms with van der Waals surface area (Å²) in [4.78, 5) is 30.7. The van der Waals surface area contributed by atoms with E-state index in [2.05, 4.69) is 20.9 Å². The van der Waals surface area contributed by atoms with E-state index in [-0.39, 0.29) is 5.91 Å². The summed E-state index contributed by atoms with van der Waals surface area (Å²) in [7, 11) is 0. The van der Waals surface area contributed by atoms with Gasteiger partial charge in [-0.3, -0.25) is 9.78 Å². The number of carbonyl (C=O) groups is 2. The summed E-state index contributed by atoms with van der Waals surface area (Å²) < 4.78 is 6.21. The van der Waals surface area contributed by atoms with Crippen molar-refractivity contribution in [3.05, 3.63) is 69.6 Å². The Morgan fingerprint density at radius 3 is 2.46 bits per heavy atom. The molecule has 1 aromatic heterocycles. The molecular weight excluding hydrogens is 396 g/mol. The van der Waals surface area contributed by atoms with Gasteiger partial charge >= 0.3 is 5.97 Å². The van der Waals surface area contributed by atoms with Gasteiger partial charge in [0.2, 0.25) is 0 Å². The first-order valence-electron chi connectivity index (χ1n) is 8.20. The lowest BCUT2D eigenvalue weighted by Gasteiger charge is -2.23. The van der Waals surface area contributed by atoms with E-state index in [4.69, 9.17) is 4.74 Å². The predicted molar refractivity (Wildman–Crippen MR) is 102 cm³/mol. The van der Waals surface area contributed by atoms with E-state index >= 15 is 0 Å². The molecule has 0 N–H and O–H groups in total. The second-order valence-electron chi connectivity index (χ2n) is 7.03. The third-order valence-corrected chi connectivity index (χ3v) is 4.18. The summed E-state index contributed by atoms with van der Waals surface area (Å²) >= 11 is 3.40. The van der Waals surface area contributed by atoms with Crippen molar-refractivity contribution in [2.24, 2.45) is 0 Å². The fourth-order valence-corrected chi connectivity index (χ4v) is 2.94. The topological polar surface area (TPSA) is 59.5 Å². The Morgan fingerprint density at radius 2 is 1.81 bits per heavy atom. The highest BCUT2D eigenvalue weighted by Crippen LogP contribution is 2.23. The Balaban J connectivity index is 1.74. The molecule has 0 saturated carbocycles. The molecule has 134 valence electrons. The number of pyridine rings is 1. The molecule has 0 unspecified atom stereocenters. The fraction of sp³-hybridized carbons (Fsp3) is 0.250. The number of halogens is 1. The van der Waals surface area contributed by atoms with Crippen LogP contribution in [0.2, 0.25) is 0 Å². The molecule has 1 amide bonds. The Bertz CT molecular complexity index is 883. The van der Waals surface area contributed by atoms with E-state index in [1.165, 1.54) is 0 Å². The summed E-state index contributed by atoms with van der Waals surface area (Å²) in [5.41, 5.74) is 2.20. The average Bonchev–Trinajstić information content (AvgIpc) is 2.59. The number of fused-ring (bicyclic) bond motifs is 1. The maximum atomic E-state index is 12.7. The molecule has 6 heteroatoms. The molecule has 0 fully saturated rings. The van der Waals surface area contributed by atoms with Crippen LogP contribution in [0.5, 0.6) is 0 Å². The van der Waals surface area contributed by atoms with Crippen molar-refractivity contribution < 1.29 is 14.3 Å². The van der Waals surface area contributed by atoms with Crippen LogP contribution in [-0.4, -0.2) is 27.4 Å². The molecule has 0 saturated heterocycles. The fourth-order valence-electron chi connectivity index (χ4n) is 2.56. The Labute approximate surface area is 160 Å². The van der Waals surface area contributed by atoms with Crippen LogP contribution in [0, 0.1) is 0 Å². The number of carbonyl (C=O) groups excluding carboxylic acids is 2. The lowest BCUT2D eigenvalue weighted by molar-refractivity contribution is 0.00693. The van der Waals surface area contributed by atoms with E-state index in [0.717, 1.165) is 15.7 Å². The third kappa shape index (κ3) is 4.19. The lowest BCUT2D eigenvalue weighted by Crippen LogP contribution is -2.28. The molecular formula is C20H19BrN2O3. The van der Waals surface area contributed by atoms with Gasteiger partial charge in [0.1, 0.15) is 5.60 Å². The van der Waals surface area contributed by atoms with Crippen LogP contribution < -0.4 is 0 Å². The van der Waals surface area contributed by atoms with Crippen molar-refractivity contribution >= 4 is 33.9 Å². The highest BCUT2D eigenvalue weighted by atomic mass is 79.9. The quantitative estimate of drug-likeness (QED) is 0.682. The molecule has 2 heterocycles. The second-order valence-corrected chi connectivity index (χ2v) is 7.94.